The van der Waals surface area contributed by atoms with Crippen molar-refractivity contribution in [3.63, 3.8) is 0 Å². The summed E-state index contributed by atoms with van der Waals surface area (Å²) < 4.78 is 96.1. The van der Waals surface area contributed by atoms with E-state index < -0.39 is 58.7 Å². The maximum Gasteiger partial charge on any atom is 0.416 e. The number of aromatic nitrogens is 1. The fourth-order valence-electron chi connectivity index (χ4n) is 5.10. The predicted octanol–water partition coefficient (Wildman–Crippen LogP) is 5.74. The van der Waals surface area contributed by atoms with Crippen LogP contribution in [0.5, 0.6) is 0 Å². The first-order chi connectivity index (χ1) is 21.2. The van der Waals surface area contributed by atoms with Crippen LogP contribution in [0.4, 0.5) is 27.6 Å². The average molecular weight is 656 g/mol. The Morgan fingerprint density at radius 2 is 1.71 bits per heavy atom. The largest absolute Gasteiger partial charge is 0.416 e. The number of aliphatic hydroxyl groups is 1. The number of alkyl halides is 5. The molecule has 45 heavy (non-hydrogen) atoms. The number of carbonyl (C=O) groups is 1. The van der Waals surface area contributed by atoms with Gasteiger partial charge in [0.1, 0.15) is 0 Å². The zero-order chi connectivity index (χ0) is 33.0. The summed E-state index contributed by atoms with van der Waals surface area (Å²) in [6, 6.07) is 12.4. The van der Waals surface area contributed by atoms with Crippen molar-refractivity contribution in [2.75, 3.05) is 30.4 Å². The summed E-state index contributed by atoms with van der Waals surface area (Å²) in [6.07, 6.45) is -6.80. The van der Waals surface area contributed by atoms with Crippen LogP contribution in [0.2, 0.25) is 0 Å². The van der Waals surface area contributed by atoms with Crippen LogP contribution in [-0.2, 0) is 20.8 Å². The molecule has 1 saturated heterocycles. The Labute approximate surface area is 258 Å². The van der Waals surface area contributed by atoms with Crippen LogP contribution < -0.4 is 10.2 Å². The summed E-state index contributed by atoms with van der Waals surface area (Å²) in [5.41, 5.74) is 0.945. The number of aliphatic hydroxyl groups excluding tert-OH is 1. The monoisotopic (exact) mass is 655 g/mol. The van der Waals surface area contributed by atoms with E-state index in [0.29, 0.717) is 24.2 Å². The van der Waals surface area contributed by atoms with Gasteiger partial charge in [0.2, 0.25) is 0 Å². The number of nitrogens with zero attached hydrogens (tertiary/aromatic N) is 2. The van der Waals surface area contributed by atoms with Gasteiger partial charge in [0.15, 0.2) is 9.84 Å². The lowest BCUT2D eigenvalue weighted by molar-refractivity contribution is -0.241. The van der Waals surface area contributed by atoms with Gasteiger partial charge in [0.05, 0.1) is 47.2 Å². The molecule has 1 aliphatic rings. The second-order valence-electron chi connectivity index (χ2n) is 10.7. The molecule has 3 atom stereocenters. The molecule has 2 heterocycles. The first kappa shape index (κ1) is 34.3. The fraction of sp³-hybridized carbons (Fsp3) is 0.419. The molecule has 2 aromatic carbocycles. The van der Waals surface area contributed by atoms with Gasteiger partial charge in [0.25, 0.3) is 5.91 Å². The SMILES string of the molecule is CCC(F)(F)OC[C@@H]1CC(c2ccc(C(F)(F)F)cc2)CN1c1ccc(C(=O)N[C@@H](CO)c2ccc(S(=O)(=O)CC)cn2)cc1. The number of pyridine rings is 1. The number of benzene rings is 2. The van der Waals surface area contributed by atoms with Crippen molar-refractivity contribution < 1.29 is 45.0 Å². The van der Waals surface area contributed by atoms with Gasteiger partial charge in [-0.3, -0.25) is 9.78 Å². The highest BCUT2D eigenvalue weighted by Crippen LogP contribution is 2.38. The molecule has 2 N–H and O–H groups in total. The van der Waals surface area contributed by atoms with E-state index >= 15 is 0 Å². The lowest BCUT2D eigenvalue weighted by atomic mass is 9.95. The molecule has 4 rings (SSSR count). The molecule has 0 aliphatic carbocycles. The molecule has 14 heteroatoms. The number of rotatable bonds is 12. The van der Waals surface area contributed by atoms with Gasteiger partial charge in [-0.1, -0.05) is 26.0 Å². The van der Waals surface area contributed by atoms with Crippen molar-refractivity contribution in [1.29, 1.82) is 0 Å². The highest BCUT2D eigenvalue weighted by molar-refractivity contribution is 7.91. The molecule has 1 unspecified atom stereocenters. The van der Waals surface area contributed by atoms with Gasteiger partial charge in [-0.2, -0.15) is 22.0 Å². The van der Waals surface area contributed by atoms with Crippen LogP contribution in [0.3, 0.4) is 0 Å². The summed E-state index contributed by atoms with van der Waals surface area (Å²) >= 11 is 0. The minimum Gasteiger partial charge on any atom is -0.394 e. The van der Waals surface area contributed by atoms with Crippen molar-refractivity contribution in [2.24, 2.45) is 0 Å². The van der Waals surface area contributed by atoms with Crippen LogP contribution in [-0.4, -0.2) is 62.1 Å². The summed E-state index contributed by atoms with van der Waals surface area (Å²) in [5, 5.41) is 12.5. The van der Waals surface area contributed by atoms with Gasteiger partial charge in [0, 0.05) is 36.3 Å². The van der Waals surface area contributed by atoms with Crippen LogP contribution in [0.25, 0.3) is 0 Å². The first-order valence-electron chi connectivity index (χ1n) is 14.3. The highest BCUT2D eigenvalue weighted by atomic mass is 32.2. The van der Waals surface area contributed by atoms with Crippen molar-refractivity contribution >= 4 is 21.4 Å². The maximum atomic E-state index is 14.0. The molecular formula is C31H34F5N3O5S. The molecule has 1 amide bonds. The van der Waals surface area contributed by atoms with Crippen LogP contribution in [0.15, 0.2) is 71.8 Å². The summed E-state index contributed by atoms with van der Waals surface area (Å²) in [6.45, 7) is 2.31. The Balaban J connectivity index is 1.50. The van der Waals surface area contributed by atoms with E-state index in [2.05, 4.69) is 10.3 Å². The average Bonchev–Trinajstić information content (AvgIpc) is 3.47. The predicted molar refractivity (Wildman–Crippen MR) is 157 cm³/mol. The Hall–Kier alpha value is -3.62. The zero-order valence-electron chi connectivity index (χ0n) is 24.6. The van der Waals surface area contributed by atoms with Gasteiger partial charge in [-0.05, 0) is 60.5 Å². The molecule has 244 valence electrons. The van der Waals surface area contributed by atoms with Crippen LogP contribution in [0, 0.1) is 0 Å². The number of nitrogens with one attached hydrogen (secondary N) is 1. The second-order valence-corrected chi connectivity index (χ2v) is 13.0. The van der Waals surface area contributed by atoms with Gasteiger partial charge in [-0.15, -0.1) is 0 Å². The molecule has 3 aromatic rings. The normalized spacial score (nSPS) is 18.2. The van der Waals surface area contributed by atoms with E-state index in [-0.39, 0.29) is 34.4 Å². The summed E-state index contributed by atoms with van der Waals surface area (Å²) in [7, 11) is -3.47. The lowest BCUT2D eigenvalue weighted by Crippen LogP contribution is -2.36. The molecule has 0 radical (unpaired) electrons. The van der Waals surface area contributed by atoms with Crippen LogP contribution in [0.1, 0.15) is 65.8 Å². The Bertz CT molecular complexity index is 1550. The molecule has 8 nitrogen and oxygen atoms in total. The number of hydrogen-bond acceptors (Lipinski definition) is 7. The number of anilines is 1. The highest BCUT2D eigenvalue weighted by Gasteiger charge is 2.37. The third-order valence-electron chi connectivity index (χ3n) is 7.83. The molecule has 1 aliphatic heterocycles. The van der Waals surface area contributed by atoms with E-state index in [0.717, 1.165) is 12.1 Å². The van der Waals surface area contributed by atoms with E-state index in [9.17, 15) is 40.3 Å². The number of sulfone groups is 1. The van der Waals surface area contributed by atoms with Crippen molar-refractivity contribution in [3.05, 3.63) is 89.2 Å². The van der Waals surface area contributed by atoms with E-state index in [1.807, 2.05) is 4.90 Å². The van der Waals surface area contributed by atoms with Crippen molar-refractivity contribution in [3.8, 4) is 0 Å². The van der Waals surface area contributed by atoms with Gasteiger partial charge < -0.3 is 20.1 Å². The third-order valence-corrected chi connectivity index (χ3v) is 9.55. The number of amides is 1. The number of hydrogen-bond donors (Lipinski definition) is 2. The second kappa shape index (κ2) is 13.8. The number of carbonyl (C=O) groups excluding carboxylic acids is 1. The lowest BCUT2D eigenvalue weighted by Gasteiger charge is -2.28. The molecular weight excluding hydrogens is 621 g/mol. The van der Waals surface area contributed by atoms with E-state index in [4.69, 9.17) is 4.74 Å². The standard InChI is InChI=1S/C31H34F5N3O5S/c1-3-30(32,33)44-19-25-15-22(20-5-9-23(10-6-20)31(34,35)36)17-39(25)24-11-7-21(8-12-24)29(41)38-28(18-40)27-14-13-26(16-37-27)45(42,43)4-2/h5-14,16,22,25,28,40H,3-4,15,17-19H2,1-2H3,(H,38,41)/t22?,25-,28-/m0/s1. The topological polar surface area (TPSA) is 109 Å². The Morgan fingerprint density at radius 3 is 2.24 bits per heavy atom. The minimum atomic E-state index is -4.48. The molecule has 1 fully saturated rings. The van der Waals surface area contributed by atoms with Gasteiger partial charge >= 0.3 is 12.3 Å². The Kier molecular flexibility index (Phi) is 10.5. The van der Waals surface area contributed by atoms with Crippen molar-refractivity contribution in [2.45, 2.75) is 61.9 Å². The van der Waals surface area contributed by atoms with E-state index in [1.165, 1.54) is 56.4 Å². The van der Waals surface area contributed by atoms with Gasteiger partial charge in [-0.25, -0.2) is 8.42 Å². The first-order valence-corrected chi connectivity index (χ1v) is 16.0. The van der Waals surface area contributed by atoms with E-state index in [1.54, 1.807) is 12.1 Å². The minimum absolute atomic E-state index is 0.0250. The molecule has 0 saturated carbocycles. The zero-order valence-corrected chi connectivity index (χ0v) is 25.4. The molecule has 0 bridgehead atoms. The summed E-state index contributed by atoms with van der Waals surface area (Å²) in [4.78, 5) is 18.9. The van der Waals surface area contributed by atoms with Crippen molar-refractivity contribution in [1.82, 2.24) is 10.3 Å². The molecule has 0 spiro atoms. The smallest absolute Gasteiger partial charge is 0.394 e. The number of halogens is 5. The molecule has 1 aromatic heterocycles. The third kappa shape index (κ3) is 8.35. The quantitative estimate of drug-likeness (QED) is 0.240. The number of ether oxygens (including phenoxy) is 1. The fourth-order valence-corrected chi connectivity index (χ4v) is 5.93. The van der Waals surface area contributed by atoms with Crippen LogP contribution >= 0.6 is 0 Å². The Morgan fingerprint density at radius 1 is 1.04 bits per heavy atom. The maximum absolute atomic E-state index is 14.0. The summed E-state index contributed by atoms with van der Waals surface area (Å²) in [5.74, 6) is -0.897.